The number of carbonyl (C=O) groups is 2. The smallest absolute Gasteiger partial charge is 0.233 e. The molecule has 2 aromatic carbocycles. The highest BCUT2D eigenvalue weighted by atomic mass is 32.2. The van der Waals surface area contributed by atoms with Gasteiger partial charge in [-0.3, -0.25) is 9.59 Å². The fourth-order valence-corrected chi connectivity index (χ4v) is 4.85. The minimum absolute atomic E-state index is 0.0212. The first-order valence-corrected chi connectivity index (χ1v) is 12.1. The second-order valence-electron chi connectivity index (χ2n) is 7.14. The fraction of sp³-hybridized carbons (Fsp3) is 0.273. The summed E-state index contributed by atoms with van der Waals surface area (Å²) in [5.41, 5.74) is 2.47. The van der Waals surface area contributed by atoms with Gasteiger partial charge >= 0.3 is 0 Å². The molecule has 1 aliphatic heterocycles. The molecule has 1 aliphatic rings. The highest BCUT2D eigenvalue weighted by Crippen LogP contribution is 2.33. The number of anilines is 3. The van der Waals surface area contributed by atoms with Gasteiger partial charge in [0.1, 0.15) is 0 Å². The summed E-state index contributed by atoms with van der Waals surface area (Å²) in [5.74, 6) is 1.59. The van der Waals surface area contributed by atoms with Crippen LogP contribution in [0.1, 0.15) is 19.4 Å². The molecule has 0 spiro atoms. The summed E-state index contributed by atoms with van der Waals surface area (Å²) in [5, 5.41) is 14.8. The molecule has 0 atom stereocenters. The Morgan fingerprint density at radius 3 is 2.76 bits per heavy atom. The molecule has 0 radical (unpaired) electrons. The third-order valence-corrected chi connectivity index (χ3v) is 6.66. The molecule has 0 aliphatic carbocycles. The Kier molecular flexibility index (Phi) is 7.30. The van der Waals surface area contributed by atoms with Gasteiger partial charge in [0.15, 0.2) is 15.8 Å². The van der Waals surface area contributed by atoms with Crippen molar-refractivity contribution in [2.24, 2.45) is 0 Å². The van der Waals surface area contributed by atoms with Crippen LogP contribution >= 0.6 is 23.1 Å². The van der Waals surface area contributed by atoms with E-state index in [-0.39, 0.29) is 24.4 Å². The number of hydrogen-bond acceptors (Lipinski definition) is 9. The van der Waals surface area contributed by atoms with E-state index in [0.29, 0.717) is 34.0 Å². The minimum atomic E-state index is -0.133. The van der Waals surface area contributed by atoms with E-state index >= 15 is 0 Å². The maximum Gasteiger partial charge on any atom is 0.233 e. The molecule has 11 heteroatoms. The monoisotopic (exact) mass is 485 g/mol. The lowest BCUT2D eigenvalue weighted by molar-refractivity contribution is -0.128. The van der Waals surface area contributed by atoms with Gasteiger partial charge in [-0.25, -0.2) is 0 Å². The van der Waals surface area contributed by atoms with E-state index in [0.717, 1.165) is 17.0 Å². The zero-order valence-electron chi connectivity index (χ0n) is 18.2. The highest BCUT2D eigenvalue weighted by molar-refractivity contribution is 8.01. The zero-order valence-corrected chi connectivity index (χ0v) is 19.8. The van der Waals surface area contributed by atoms with Crippen LogP contribution in [0.5, 0.6) is 11.5 Å². The van der Waals surface area contributed by atoms with Crippen molar-refractivity contribution in [1.29, 1.82) is 0 Å². The fourth-order valence-electron chi connectivity index (χ4n) is 3.17. The second-order valence-corrected chi connectivity index (χ2v) is 9.34. The number of fused-ring (bicyclic) bond motifs is 1. The van der Waals surface area contributed by atoms with Gasteiger partial charge in [-0.05, 0) is 42.8 Å². The van der Waals surface area contributed by atoms with Gasteiger partial charge in [-0.1, -0.05) is 35.2 Å². The predicted octanol–water partition coefficient (Wildman–Crippen LogP) is 4.11. The largest absolute Gasteiger partial charge is 0.454 e. The molecule has 0 unspecified atom stereocenters. The minimum Gasteiger partial charge on any atom is -0.454 e. The second kappa shape index (κ2) is 10.5. The number of nitrogens with one attached hydrogen (secondary N) is 2. The van der Waals surface area contributed by atoms with E-state index in [1.807, 2.05) is 49.4 Å². The van der Waals surface area contributed by atoms with Crippen LogP contribution in [-0.2, 0) is 16.1 Å². The van der Waals surface area contributed by atoms with Crippen LogP contribution in [0.4, 0.5) is 16.5 Å². The molecule has 172 valence electrons. The van der Waals surface area contributed by atoms with Crippen molar-refractivity contribution in [2.45, 2.75) is 24.7 Å². The molecule has 0 saturated heterocycles. The summed E-state index contributed by atoms with van der Waals surface area (Å²) in [4.78, 5) is 25.8. The number of amides is 2. The first-order valence-electron chi connectivity index (χ1n) is 10.3. The third kappa shape index (κ3) is 6.14. The normalized spacial score (nSPS) is 11.8. The Morgan fingerprint density at radius 1 is 1.12 bits per heavy atom. The summed E-state index contributed by atoms with van der Waals surface area (Å²) >= 11 is 2.73. The first kappa shape index (κ1) is 22.9. The lowest BCUT2D eigenvalue weighted by Gasteiger charge is -2.20. The molecule has 2 amide bonds. The SMILES string of the molecule is CCN(Cc1ccc2c(c1)OCO2)C(=O)CSc1nnc(Nc2cccc(NC(C)=O)c2)s1. The Labute approximate surface area is 199 Å². The van der Waals surface area contributed by atoms with Crippen LogP contribution < -0.4 is 20.1 Å². The van der Waals surface area contributed by atoms with Gasteiger partial charge in [0.2, 0.25) is 23.7 Å². The van der Waals surface area contributed by atoms with Gasteiger partial charge in [0.25, 0.3) is 0 Å². The Hall–Kier alpha value is -3.31. The quantitative estimate of drug-likeness (QED) is 0.436. The average molecular weight is 486 g/mol. The van der Waals surface area contributed by atoms with E-state index in [9.17, 15) is 9.59 Å². The first-order chi connectivity index (χ1) is 16.0. The summed E-state index contributed by atoms with van der Waals surface area (Å²) in [6.07, 6.45) is 0. The summed E-state index contributed by atoms with van der Waals surface area (Å²) in [7, 11) is 0. The summed E-state index contributed by atoms with van der Waals surface area (Å²) < 4.78 is 11.5. The number of aromatic nitrogens is 2. The third-order valence-electron chi connectivity index (χ3n) is 4.70. The van der Waals surface area contributed by atoms with E-state index in [1.165, 1.54) is 30.0 Å². The van der Waals surface area contributed by atoms with Crippen LogP contribution in [0.15, 0.2) is 46.8 Å². The van der Waals surface area contributed by atoms with Crippen molar-refractivity contribution in [3.05, 3.63) is 48.0 Å². The van der Waals surface area contributed by atoms with Gasteiger partial charge in [0, 0.05) is 31.4 Å². The van der Waals surface area contributed by atoms with Crippen LogP contribution in [0.25, 0.3) is 0 Å². The molecule has 0 bridgehead atoms. The topological polar surface area (TPSA) is 106 Å². The van der Waals surface area contributed by atoms with Crippen molar-refractivity contribution in [2.75, 3.05) is 29.7 Å². The number of carbonyl (C=O) groups excluding carboxylic acids is 2. The van der Waals surface area contributed by atoms with E-state index in [4.69, 9.17) is 9.47 Å². The van der Waals surface area contributed by atoms with E-state index in [1.54, 1.807) is 4.90 Å². The molecule has 9 nitrogen and oxygen atoms in total. The molecular weight excluding hydrogens is 462 g/mol. The zero-order chi connectivity index (χ0) is 23.2. The molecule has 33 heavy (non-hydrogen) atoms. The van der Waals surface area contributed by atoms with Crippen LogP contribution in [0.2, 0.25) is 0 Å². The summed E-state index contributed by atoms with van der Waals surface area (Å²) in [6.45, 7) is 4.74. The molecular formula is C22H23N5O4S2. The van der Waals surface area contributed by atoms with Gasteiger partial charge in [-0.15, -0.1) is 10.2 Å². The van der Waals surface area contributed by atoms with E-state index < -0.39 is 0 Å². The Bertz CT molecular complexity index is 1150. The average Bonchev–Trinajstić information content (AvgIpc) is 3.44. The number of thioether (sulfide) groups is 1. The molecule has 2 N–H and O–H groups in total. The molecule has 3 aromatic rings. The Morgan fingerprint density at radius 2 is 1.94 bits per heavy atom. The molecule has 2 heterocycles. The van der Waals surface area contributed by atoms with Crippen molar-refractivity contribution < 1.29 is 19.1 Å². The number of hydrogen-bond donors (Lipinski definition) is 2. The lowest BCUT2D eigenvalue weighted by Crippen LogP contribution is -2.31. The van der Waals surface area contributed by atoms with Crippen molar-refractivity contribution in [3.63, 3.8) is 0 Å². The van der Waals surface area contributed by atoms with Crippen molar-refractivity contribution in [3.8, 4) is 11.5 Å². The number of rotatable bonds is 9. The number of nitrogens with zero attached hydrogens (tertiary/aromatic N) is 3. The maximum absolute atomic E-state index is 12.8. The maximum atomic E-state index is 12.8. The van der Waals surface area contributed by atoms with Gasteiger partial charge in [0.05, 0.1) is 5.75 Å². The van der Waals surface area contributed by atoms with Gasteiger partial charge in [-0.2, -0.15) is 0 Å². The Balaban J connectivity index is 1.30. The highest BCUT2D eigenvalue weighted by Gasteiger charge is 2.17. The lowest BCUT2D eigenvalue weighted by atomic mass is 10.2. The van der Waals surface area contributed by atoms with Gasteiger partial charge < -0.3 is 25.0 Å². The molecule has 1 aromatic heterocycles. The molecule has 4 rings (SSSR count). The standard InChI is InChI=1S/C22H23N5O4S2/c1-3-27(11-15-7-8-18-19(9-15)31-13-30-18)20(29)12-32-22-26-25-21(33-22)24-17-6-4-5-16(10-17)23-14(2)28/h4-10H,3,11-13H2,1-2H3,(H,23,28)(H,24,25). The summed E-state index contributed by atoms with van der Waals surface area (Å²) in [6, 6.07) is 13.1. The predicted molar refractivity (Wildman–Crippen MR) is 128 cm³/mol. The van der Waals surface area contributed by atoms with E-state index in [2.05, 4.69) is 20.8 Å². The van der Waals surface area contributed by atoms with Crippen molar-refractivity contribution in [1.82, 2.24) is 15.1 Å². The van der Waals surface area contributed by atoms with Crippen LogP contribution in [0, 0.1) is 0 Å². The number of benzene rings is 2. The van der Waals surface area contributed by atoms with Crippen molar-refractivity contribution >= 4 is 51.4 Å². The van der Waals surface area contributed by atoms with Crippen LogP contribution in [-0.4, -0.2) is 46.0 Å². The van der Waals surface area contributed by atoms with Crippen LogP contribution in [0.3, 0.4) is 0 Å². The molecule has 0 saturated carbocycles. The number of ether oxygens (including phenoxy) is 2. The molecule has 0 fully saturated rings.